The molecule has 1 amide bonds. The molecule has 0 spiro atoms. The second kappa shape index (κ2) is 8.18. The highest BCUT2D eigenvalue weighted by atomic mass is 32.2. The molecule has 2 heterocycles. The van der Waals surface area contributed by atoms with E-state index in [2.05, 4.69) is 20.6 Å². The van der Waals surface area contributed by atoms with Crippen molar-refractivity contribution in [2.75, 3.05) is 5.75 Å². The van der Waals surface area contributed by atoms with E-state index in [1.807, 2.05) is 55.9 Å². The number of aromatic nitrogens is 5. The van der Waals surface area contributed by atoms with E-state index in [9.17, 15) is 4.79 Å². The van der Waals surface area contributed by atoms with E-state index in [1.165, 1.54) is 17.3 Å². The maximum Gasteiger partial charge on any atom is 0.230 e. The summed E-state index contributed by atoms with van der Waals surface area (Å²) < 4.78 is 3.73. The van der Waals surface area contributed by atoms with Crippen LogP contribution in [0.5, 0.6) is 0 Å². The van der Waals surface area contributed by atoms with Gasteiger partial charge in [-0.15, -0.1) is 10.2 Å². The quantitative estimate of drug-likeness (QED) is 0.646. The summed E-state index contributed by atoms with van der Waals surface area (Å²) in [5.74, 6) is 1.05. The van der Waals surface area contributed by atoms with E-state index >= 15 is 0 Å². The van der Waals surface area contributed by atoms with Crippen molar-refractivity contribution >= 4 is 17.7 Å². The number of aryl methyl sites for hydroxylation is 2. The molecule has 0 saturated heterocycles. The van der Waals surface area contributed by atoms with E-state index < -0.39 is 0 Å². The van der Waals surface area contributed by atoms with Gasteiger partial charge in [-0.2, -0.15) is 5.10 Å². The van der Waals surface area contributed by atoms with E-state index in [4.69, 9.17) is 0 Å². The Bertz CT molecular complexity index is 883. The fraction of sp³-hybridized carbons (Fsp3) is 0.333. The zero-order chi connectivity index (χ0) is 18.5. The van der Waals surface area contributed by atoms with Crippen LogP contribution in [0.25, 0.3) is 11.4 Å². The van der Waals surface area contributed by atoms with Gasteiger partial charge in [-0.25, -0.2) is 0 Å². The Morgan fingerprint density at radius 1 is 1.23 bits per heavy atom. The van der Waals surface area contributed by atoms with Crippen LogP contribution >= 0.6 is 11.8 Å². The van der Waals surface area contributed by atoms with E-state index in [-0.39, 0.29) is 5.91 Å². The summed E-state index contributed by atoms with van der Waals surface area (Å²) in [6.07, 6.45) is 3.66. The SMILES string of the molecule is CCn1c(SCC(=O)NCc2ccc(C)cc2)nnc1-c1cnn(C)c1. The van der Waals surface area contributed by atoms with Gasteiger partial charge in [0, 0.05) is 26.3 Å². The zero-order valence-electron chi connectivity index (χ0n) is 15.1. The fourth-order valence-electron chi connectivity index (χ4n) is 2.52. The van der Waals surface area contributed by atoms with Crippen LogP contribution in [-0.4, -0.2) is 36.2 Å². The molecule has 0 radical (unpaired) electrons. The molecule has 0 saturated carbocycles. The highest BCUT2D eigenvalue weighted by Gasteiger charge is 2.15. The summed E-state index contributed by atoms with van der Waals surface area (Å²) in [5.41, 5.74) is 3.21. The molecular weight excluding hydrogens is 348 g/mol. The lowest BCUT2D eigenvalue weighted by Crippen LogP contribution is -2.24. The molecule has 8 heteroatoms. The highest BCUT2D eigenvalue weighted by Crippen LogP contribution is 2.23. The number of hydrogen-bond donors (Lipinski definition) is 1. The Hall–Kier alpha value is -2.61. The number of amides is 1. The number of thioether (sulfide) groups is 1. The molecule has 0 unspecified atom stereocenters. The highest BCUT2D eigenvalue weighted by molar-refractivity contribution is 7.99. The molecule has 0 bridgehead atoms. The van der Waals surface area contributed by atoms with Gasteiger partial charge in [0.1, 0.15) is 0 Å². The van der Waals surface area contributed by atoms with Crippen molar-refractivity contribution in [3.05, 3.63) is 47.8 Å². The smallest absolute Gasteiger partial charge is 0.230 e. The number of nitrogens with one attached hydrogen (secondary N) is 1. The molecule has 136 valence electrons. The van der Waals surface area contributed by atoms with Crippen molar-refractivity contribution in [3.8, 4) is 11.4 Å². The lowest BCUT2D eigenvalue weighted by Gasteiger charge is -2.07. The molecule has 3 rings (SSSR count). The maximum atomic E-state index is 12.1. The predicted molar refractivity (Wildman–Crippen MR) is 102 cm³/mol. The monoisotopic (exact) mass is 370 g/mol. The van der Waals surface area contributed by atoms with Crippen molar-refractivity contribution in [1.29, 1.82) is 0 Å². The Labute approximate surface area is 156 Å². The topological polar surface area (TPSA) is 77.6 Å². The van der Waals surface area contributed by atoms with Gasteiger partial charge < -0.3 is 9.88 Å². The Balaban J connectivity index is 1.58. The lowest BCUT2D eigenvalue weighted by molar-refractivity contribution is -0.118. The molecule has 0 aliphatic rings. The van der Waals surface area contributed by atoms with Crippen LogP contribution in [0.1, 0.15) is 18.1 Å². The van der Waals surface area contributed by atoms with E-state index in [1.54, 1.807) is 10.9 Å². The minimum absolute atomic E-state index is 0.0239. The molecule has 0 aliphatic carbocycles. The first-order valence-corrected chi connectivity index (χ1v) is 9.42. The third-order valence-electron chi connectivity index (χ3n) is 3.94. The largest absolute Gasteiger partial charge is 0.351 e. The first-order chi connectivity index (χ1) is 12.6. The molecule has 0 aliphatic heterocycles. The molecule has 0 fully saturated rings. The van der Waals surface area contributed by atoms with Crippen LogP contribution in [0, 0.1) is 6.92 Å². The van der Waals surface area contributed by atoms with Crippen LogP contribution in [0.15, 0.2) is 41.8 Å². The van der Waals surface area contributed by atoms with Crippen molar-refractivity contribution in [2.45, 2.75) is 32.1 Å². The summed E-state index contributed by atoms with van der Waals surface area (Å²) >= 11 is 1.39. The first-order valence-electron chi connectivity index (χ1n) is 8.44. The van der Waals surface area contributed by atoms with Crippen LogP contribution in [0.2, 0.25) is 0 Å². The van der Waals surface area contributed by atoms with Crippen LogP contribution < -0.4 is 5.32 Å². The molecule has 1 N–H and O–H groups in total. The van der Waals surface area contributed by atoms with Gasteiger partial charge in [0.15, 0.2) is 11.0 Å². The number of benzene rings is 1. The third-order valence-corrected chi connectivity index (χ3v) is 4.91. The maximum absolute atomic E-state index is 12.1. The minimum atomic E-state index is -0.0239. The second-order valence-corrected chi connectivity index (χ2v) is 6.95. The predicted octanol–water partition coefficient (Wildman–Crippen LogP) is 2.42. The fourth-order valence-corrected chi connectivity index (χ4v) is 3.35. The second-order valence-electron chi connectivity index (χ2n) is 6.00. The molecule has 1 aromatic carbocycles. The number of carbonyl (C=O) groups excluding carboxylic acids is 1. The summed E-state index contributed by atoms with van der Waals surface area (Å²) in [4.78, 5) is 12.1. The summed E-state index contributed by atoms with van der Waals surface area (Å²) in [7, 11) is 1.87. The van der Waals surface area contributed by atoms with Gasteiger partial charge in [-0.3, -0.25) is 9.48 Å². The van der Waals surface area contributed by atoms with E-state index in [0.717, 1.165) is 28.7 Å². The average Bonchev–Trinajstić information content (AvgIpc) is 3.24. The van der Waals surface area contributed by atoms with Crippen LogP contribution in [0.3, 0.4) is 0 Å². The van der Waals surface area contributed by atoms with Crippen LogP contribution in [-0.2, 0) is 24.9 Å². The van der Waals surface area contributed by atoms with Gasteiger partial charge in [-0.1, -0.05) is 41.6 Å². The Morgan fingerprint density at radius 3 is 2.65 bits per heavy atom. The minimum Gasteiger partial charge on any atom is -0.351 e. The van der Waals surface area contributed by atoms with Crippen molar-refractivity contribution < 1.29 is 4.79 Å². The number of rotatable bonds is 7. The number of nitrogens with zero attached hydrogens (tertiary/aromatic N) is 5. The van der Waals surface area contributed by atoms with Crippen LogP contribution in [0.4, 0.5) is 0 Å². The molecule has 7 nitrogen and oxygen atoms in total. The van der Waals surface area contributed by atoms with E-state index in [0.29, 0.717) is 12.3 Å². The summed E-state index contributed by atoms with van der Waals surface area (Å²) in [6.45, 7) is 5.33. The van der Waals surface area contributed by atoms with Gasteiger partial charge in [0.25, 0.3) is 0 Å². The molecule has 0 atom stereocenters. The summed E-state index contributed by atoms with van der Waals surface area (Å²) in [5, 5.41) is 16.3. The lowest BCUT2D eigenvalue weighted by atomic mass is 10.1. The molecule has 2 aromatic heterocycles. The Morgan fingerprint density at radius 2 is 2.00 bits per heavy atom. The van der Waals surface area contributed by atoms with Gasteiger partial charge in [0.2, 0.25) is 5.91 Å². The standard InChI is InChI=1S/C18H22N6OS/c1-4-24-17(15-10-20-23(3)11-15)21-22-18(24)26-12-16(25)19-9-14-7-5-13(2)6-8-14/h5-8,10-11H,4,9,12H2,1-3H3,(H,19,25). The van der Waals surface area contributed by atoms with Crippen molar-refractivity contribution in [1.82, 2.24) is 29.9 Å². The summed E-state index contributed by atoms with van der Waals surface area (Å²) in [6, 6.07) is 8.13. The van der Waals surface area contributed by atoms with Crippen molar-refractivity contribution in [2.24, 2.45) is 7.05 Å². The van der Waals surface area contributed by atoms with Crippen molar-refractivity contribution in [3.63, 3.8) is 0 Å². The van der Waals surface area contributed by atoms with Gasteiger partial charge in [0.05, 0.1) is 17.5 Å². The normalized spacial score (nSPS) is 10.9. The zero-order valence-corrected chi connectivity index (χ0v) is 16.0. The average molecular weight is 370 g/mol. The Kier molecular flexibility index (Phi) is 5.72. The van der Waals surface area contributed by atoms with Gasteiger partial charge in [-0.05, 0) is 19.4 Å². The number of hydrogen-bond acceptors (Lipinski definition) is 5. The third kappa shape index (κ3) is 4.32. The molecule has 3 aromatic rings. The number of carbonyl (C=O) groups is 1. The van der Waals surface area contributed by atoms with Gasteiger partial charge >= 0.3 is 0 Å². The molecule has 26 heavy (non-hydrogen) atoms. The molecular formula is C18H22N6OS. The first kappa shape index (κ1) is 18.2.